The second kappa shape index (κ2) is 8.15. The highest BCUT2D eigenvalue weighted by Crippen LogP contribution is 2.25. The SMILES string of the molecule is C=CCN(c1ccc(Cl)cc1)S(=O)(=O)c1cccc(C(=O)NC(C)(C)C)c1. The lowest BCUT2D eigenvalue weighted by Crippen LogP contribution is -2.40. The first kappa shape index (κ1) is 21.0. The molecule has 2 rings (SSSR count). The molecule has 2 aromatic rings. The second-order valence-electron chi connectivity index (χ2n) is 7.03. The molecule has 1 amide bonds. The number of hydrogen-bond donors (Lipinski definition) is 1. The van der Waals surface area contributed by atoms with Crippen molar-refractivity contribution in [1.29, 1.82) is 0 Å². The van der Waals surface area contributed by atoms with E-state index < -0.39 is 15.6 Å². The van der Waals surface area contributed by atoms with Crippen molar-refractivity contribution < 1.29 is 13.2 Å². The van der Waals surface area contributed by atoms with Gasteiger partial charge in [0.15, 0.2) is 0 Å². The van der Waals surface area contributed by atoms with Crippen molar-refractivity contribution in [2.75, 3.05) is 10.8 Å². The number of amides is 1. The van der Waals surface area contributed by atoms with Gasteiger partial charge >= 0.3 is 0 Å². The van der Waals surface area contributed by atoms with E-state index in [0.29, 0.717) is 10.7 Å². The van der Waals surface area contributed by atoms with Gasteiger partial charge in [-0.15, -0.1) is 6.58 Å². The van der Waals surface area contributed by atoms with Gasteiger partial charge in [-0.05, 0) is 63.2 Å². The van der Waals surface area contributed by atoms with Crippen LogP contribution in [0.3, 0.4) is 0 Å². The third kappa shape index (κ3) is 5.34. The van der Waals surface area contributed by atoms with Gasteiger partial charge in [0.05, 0.1) is 17.1 Å². The zero-order chi connectivity index (χ0) is 20.2. The fourth-order valence-electron chi connectivity index (χ4n) is 2.40. The number of nitrogens with one attached hydrogen (secondary N) is 1. The Bertz CT molecular complexity index is 932. The van der Waals surface area contributed by atoms with Gasteiger partial charge in [0.2, 0.25) is 0 Å². The number of benzene rings is 2. The minimum atomic E-state index is -3.89. The van der Waals surface area contributed by atoms with Crippen LogP contribution in [0.2, 0.25) is 5.02 Å². The van der Waals surface area contributed by atoms with Crippen molar-refractivity contribution in [2.24, 2.45) is 0 Å². The molecule has 0 radical (unpaired) electrons. The maximum absolute atomic E-state index is 13.2. The summed E-state index contributed by atoms with van der Waals surface area (Å²) in [6, 6.07) is 12.5. The molecule has 7 heteroatoms. The molecule has 2 aromatic carbocycles. The average Bonchev–Trinajstić information content (AvgIpc) is 2.59. The first-order valence-corrected chi connectivity index (χ1v) is 10.2. The number of sulfonamides is 1. The molecule has 0 heterocycles. The topological polar surface area (TPSA) is 66.5 Å². The molecule has 0 aliphatic carbocycles. The quantitative estimate of drug-likeness (QED) is 0.729. The summed E-state index contributed by atoms with van der Waals surface area (Å²) in [5, 5.41) is 3.34. The standard InChI is InChI=1S/C20H23ClN2O3S/c1-5-13-23(17-11-9-16(21)10-12-17)27(25,26)18-8-6-7-15(14-18)19(24)22-20(2,3)4/h5-12,14H,1,13H2,2-4H3,(H,22,24). The van der Waals surface area contributed by atoms with Gasteiger partial charge in [-0.3, -0.25) is 9.10 Å². The molecule has 1 N–H and O–H groups in total. The van der Waals surface area contributed by atoms with Gasteiger partial charge in [-0.1, -0.05) is 23.7 Å². The molecule has 0 aliphatic heterocycles. The van der Waals surface area contributed by atoms with Crippen LogP contribution >= 0.6 is 11.6 Å². The molecule has 27 heavy (non-hydrogen) atoms. The van der Waals surface area contributed by atoms with Crippen molar-refractivity contribution in [3.8, 4) is 0 Å². The van der Waals surface area contributed by atoms with E-state index in [1.165, 1.54) is 22.5 Å². The van der Waals surface area contributed by atoms with Crippen molar-refractivity contribution in [3.63, 3.8) is 0 Å². The van der Waals surface area contributed by atoms with E-state index in [4.69, 9.17) is 11.6 Å². The lowest BCUT2D eigenvalue weighted by Gasteiger charge is -2.24. The first-order chi connectivity index (χ1) is 12.5. The summed E-state index contributed by atoms with van der Waals surface area (Å²) in [7, 11) is -3.89. The number of hydrogen-bond acceptors (Lipinski definition) is 3. The van der Waals surface area contributed by atoms with Crippen LogP contribution in [0.15, 0.2) is 66.1 Å². The first-order valence-electron chi connectivity index (χ1n) is 8.36. The Morgan fingerprint density at radius 2 is 1.81 bits per heavy atom. The highest BCUT2D eigenvalue weighted by Gasteiger charge is 2.25. The molecular weight excluding hydrogens is 384 g/mol. The van der Waals surface area contributed by atoms with Crippen LogP contribution in [0.5, 0.6) is 0 Å². The number of carbonyl (C=O) groups excluding carboxylic acids is 1. The Hall–Kier alpha value is -2.31. The van der Waals surface area contributed by atoms with Crippen LogP contribution in [-0.4, -0.2) is 26.4 Å². The predicted octanol–water partition coefficient (Wildman–Crippen LogP) is 4.25. The number of rotatable bonds is 6. The summed E-state index contributed by atoms with van der Waals surface area (Å²) in [6.07, 6.45) is 1.50. The number of anilines is 1. The number of carbonyl (C=O) groups is 1. The van der Waals surface area contributed by atoms with Crippen LogP contribution < -0.4 is 9.62 Å². The molecule has 144 valence electrons. The molecular formula is C20H23ClN2O3S. The lowest BCUT2D eigenvalue weighted by atomic mass is 10.1. The van der Waals surface area contributed by atoms with Gasteiger partial charge in [0.25, 0.3) is 15.9 Å². The van der Waals surface area contributed by atoms with Gasteiger partial charge in [0, 0.05) is 16.1 Å². The smallest absolute Gasteiger partial charge is 0.264 e. The maximum Gasteiger partial charge on any atom is 0.264 e. The lowest BCUT2D eigenvalue weighted by molar-refractivity contribution is 0.0919. The molecule has 0 bridgehead atoms. The number of nitrogens with zero attached hydrogens (tertiary/aromatic N) is 1. The molecule has 5 nitrogen and oxygen atoms in total. The molecule has 0 fully saturated rings. The Morgan fingerprint density at radius 1 is 1.19 bits per heavy atom. The molecule has 0 aliphatic rings. The molecule has 0 aromatic heterocycles. The van der Waals surface area contributed by atoms with Crippen molar-refractivity contribution >= 4 is 33.2 Å². The van der Waals surface area contributed by atoms with Crippen LogP contribution in [0.4, 0.5) is 5.69 Å². The van der Waals surface area contributed by atoms with Crippen LogP contribution in [-0.2, 0) is 10.0 Å². The van der Waals surface area contributed by atoms with Crippen LogP contribution in [0, 0.1) is 0 Å². The summed E-state index contributed by atoms with van der Waals surface area (Å²) >= 11 is 5.90. The second-order valence-corrected chi connectivity index (χ2v) is 9.33. The van der Waals surface area contributed by atoms with Crippen molar-refractivity contribution in [2.45, 2.75) is 31.2 Å². The van der Waals surface area contributed by atoms with E-state index in [1.54, 1.807) is 36.4 Å². The van der Waals surface area contributed by atoms with E-state index in [-0.39, 0.29) is 22.9 Å². The Kier molecular flexibility index (Phi) is 6.34. The van der Waals surface area contributed by atoms with Crippen molar-refractivity contribution in [1.82, 2.24) is 5.32 Å². The maximum atomic E-state index is 13.2. The zero-order valence-electron chi connectivity index (χ0n) is 15.6. The normalized spacial score (nSPS) is 11.7. The molecule has 0 saturated carbocycles. The third-order valence-corrected chi connectivity index (χ3v) is 5.62. The summed E-state index contributed by atoms with van der Waals surface area (Å²) in [5.74, 6) is -0.332. The van der Waals surface area contributed by atoms with E-state index in [9.17, 15) is 13.2 Å². The Labute approximate surface area is 165 Å². The minimum absolute atomic E-state index is 0.0286. The third-order valence-electron chi connectivity index (χ3n) is 3.58. The van der Waals surface area contributed by atoms with E-state index in [0.717, 1.165) is 0 Å². The Balaban J connectivity index is 2.44. The van der Waals surface area contributed by atoms with Gasteiger partial charge in [0.1, 0.15) is 0 Å². The van der Waals surface area contributed by atoms with Gasteiger partial charge < -0.3 is 5.32 Å². The molecule has 0 unspecified atom stereocenters. The van der Waals surface area contributed by atoms with E-state index in [1.807, 2.05) is 20.8 Å². The molecule has 0 saturated heterocycles. The fraction of sp³-hybridized carbons (Fsp3) is 0.250. The monoisotopic (exact) mass is 406 g/mol. The fourth-order valence-corrected chi connectivity index (χ4v) is 4.01. The number of halogens is 1. The Morgan fingerprint density at radius 3 is 2.37 bits per heavy atom. The van der Waals surface area contributed by atoms with Crippen LogP contribution in [0.1, 0.15) is 31.1 Å². The van der Waals surface area contributed by atoms with Crippen molar-refractivity contribution in [3.05, 3.63) is 71.8 Å². The predicted molar refractivity (Wildman–Crippen MR) is 110 cm³/mol. The molecule has 0 atom stereocenters. The van der Waals surface area contributed by atoms with E-state index in [2.05, 4.69) is 11.9 Å². The molecule has 0 spiro atoms. The highest BCUT2D eigenvalue weighted by atomic mass is 35.5. The van der Waals surface area contributed by atoms with E-state index >= 15 is 0 Å². The summed E-state index contributed by atoms with van der Waals surface area (Å²) < 4.78 is 27.6. The van der Waals surface area contributed by atoms with Crippen LogP contribution in [0.25, 0.3) is 0 Å². The van der Waals surface area contributed by atoms with Gasteiger partial charge in [-0.2, -0.15) is 0 Å². The largest absolute Gasteiger partial charge is 0.347 e. The van der Waals surface area contributed by atoms with Gasteiger partial charge in [-0.25, -0.2) is 8.42 Å². The summed E-state index contributed by atoms with van der Waals surface area (Å²) in [4.78, 5) is 12.4. The summed E-state index contributed by atoms with van der Waals surface area (Å²) in [6.45, 7) is 9.30. The zero-order valence-corrected chi connectivity index (χ0v) is 17.1. The average molecular weight is 407 g/mol. The minimum Gasteiger partial charge on any atom is -0.347 e. The highest BCUT2D eigenvalue weighted by molar-refractivity contribution is 7.92. The summed E-state index contributed by atoms with van der Waals surface area (Å²) in [5.41, 5.74) is 0.314.